The molecule has 2 aliphatic carbocycles. The predicted molar refractivity (Wildman–Crippen MR) is 110 cm³/mol. The Bertz CT molecular complexity index is 975. The molecule has 3 heterocycles. The van der Waals surface area contributed by atoms with Gasteiger partial charge in [0.05, 0.1) is 11.6 Å². The molecule has 0 spiro atoms. The maximum absolute atomic E-state index is 12.5. The molecule has 0 bridgehead atoms. The minimum atomic E-state index is -0.173. The summed E-state index contributed by atoms with van der Waals surface area (Å²) in [6.07, 6.45) is 6.26. The first kappa shape index (κ1) is 18.7. The van der Waals surface area contributed by atoms with E-state index in [0.29, 0.717) is 16.6 Å². The number of rotatable bonds is 2. The average molecular weight is 412 g/mol. The summed E-state index contributed by atoms with van der Waals surface area (Å²) in [5.41, 5.74) is 1.71. The summed E-state index contributed by atoms with van der Waals surface area (Å²) in [7, 11) is 0. The molecule has 2 aromatic rings. The Labute approximate surface area is 174 Å². The van der Waals surface area contributed by atoms with Crippen LogP contribution in [0.1, 0.15) is 60.5 Å². The zero-order valence-electron chi connectivity index (χ0n) is 16.8. The number of hydrogen-bond donors (Lipinski definition) is 1. The van der Waals surface area contributed by atoms with E-state index in [1.54, 1.807) is 35.9 Å². The summed E-state index contributed by atoms with van der Waals surface area (Å²) in [5, 5.41) is 3.58. The SMILES string of the molecule is CC1C(=O)OC2C1CCC1(C)Cc3sc(NC(=O)c4ccncc4)nc3C(C)C21. The van der Waals surface area contributed by atoms with Gasteiger partial charge in [-0.15, -0.1) is 11.3 Å². The van der Waals surface area contributed by atoms with E-state index >= 15 is 0 Å². The first-order valence-electron chi connectivity index (χ1n) is 10.3. The first-order valence-corrected chi connectivity index (χ1v) is 11.1. The van der Waals surface area contributed by atoms with Gasteiger partial charge in [-0.2, -0.15) is 0 Å². The van der Waals surface area contributed by atoms with Gasteiger partial charge in [-0.05, 0) is 36.8 Å². The number of carbonyl (C=O) groups is 2. The Morgan fingerprint density at radius 3 is 2.79 bits per heavy atom. The molecule has 1 saturated heterocycles. The molecule has 0 aromatic carbocycles. The maximum Gasteiger partial charge on any atom is 0.309 e. The van der Waals surface area contributed by atoms with Gasteiger partial charge in [0.25, 0.3) is 5.91 Å². The van der Waals surface area contributed by atoms with Gasteiger partial charge >= 0.3 is 5.97 Å². The molecule has 7 heteroatoms. The maximum atomic E-state index is 12.5. The second kappa shape index (κ2) is 6.62. The van der Waals surface area contributed by atoms with Crippen molar-refractivity contribution in [3.05, 3.63) is 40.7 Å². The van der Waals surface area contributed by atoms with E-state index in [0.717, 1.165) is 25.0 Å². The molecule has 6 atom stereocenters. The normalized spacial score (nSPS) is 35.3. The fourth-order valence-corrected chi connectivity index (χ4v) is 7.06. The number of pyridine rings is 1. The molecule has 1 N–H and O–H groups in total. The Kier molecular flexibility index (Phi) is 4.28. The molecule has 1 aliphatic heterocycles. The average Bonchev–Trinajstić information content (AvgIpc) is 3.22. The third-order valence-corrected chi connectivity index (χ3v) is 8.31. The molecule has 2 aromatic heterocycles. The van der Waals surface area contributed by atoms with Gasteiger partial charge in [0.15, 0.2) is 5.13 Å². The second-order valence-corrected chi connectivity index (χ2v) is 10.1. The highest BCUT2D eigenvalue weighted by molar-refractivity contribution is 7.15. The Morgan fingerprint density at radius 1 is 1.28 bits per heavy atom. The molecule has 152 valence electrons. The van der Waals surface area contributed by atoms with Crippen molar-refractivity contribution in [1.29, 1.82) is 0 Å². The van der Waals surface area contributed by atoms with Crippen LogP contribution in [0.25, 0.3) is 0 Å². The fourth-order valence-electron chi connectivity index (χ4n) is 5.80. The van der Waals surface area contributed by atoms with Crippen molar-refractivity contribution in [2.45, 2.75) is 52.1 Å². The first-order chi connectivity index (χ1) is 13.9. The molecule has 1 saturated carbocycles. The lowest BCUT2D eigenvalue weighted by molar-refractivity contribution is -0.149. The molecule has 0 radical (unpaired) electrons. The zero-order valence-corrected chi connectivity index (χ0v) is 17.7. The lowest BCUT2D eigenvalue weighted by Crippen LogP contribution is -2.50. The summed E-state index contributed by atoms with van der Waals surface area (Å²) >= 11 is 1.58. The molecule has 1 amide bonds. The number of fused-ring (bicyclic) bond motifs is 4. The van der Waals surface area contributed by atoms with E-state index in [1.807, 2.05) is 6.92 Å². The molecule has 6 nitrogen and oxygen atoms in total. The Hall–Kier alpha value is -2.28. The third-order valence-electron chi connectivity index (χ3n) is 7.32. The van der Waals surface area contributed by atoms with Crippen LogP contribution in [0.5, 0.6) is 0 Å². The largest absolute Gasteiger partial charge is 0.461 e. The van der Waals surface area contributed by atoms with Gasteiger partial charge in [-0.1, -0.05) is 20.8 Å². The van der Waals surface area contributed by atoms with Crippen molar-refractivity contribution < 1.29 is 14.3 Å². The highest BCUT2D eigenvalue weighted by atomic mass is 32.1. The number of hydrogen-bond acceptors (Lipinski definition) is 6. The van der Waals surface area contributed by atoms with Gasteiger partial charge in [0, 0.05) is 40.6 Å². The van der Waals surface area contributed by atoms with E-state index in [-0.39, 0.29) is 41.1 Å². The predicted octanol–water partition coefficient (Wildman–Crippen LogP) is 4.04. The smallest absolute Gasteiger partial charge is 0.309 e. The van der Waals surface area contributed by atoms with Crippen molar-refractivity contribution >= 4 is 28.3 Å². The number of thiazole rings is 1. The Balaban J connectivity index is 1.44. The molecule has 3 aliphatic rings. The lowest BCUT2D eigenvalue weighted by atomic mass is 9.54. The number of esters is 1. The van der Waals surface area contributed by atoms with Crippen LogP contribution < -0.4 is 5.32 Å². The molecule has 6 unspecified atom stereocenters. The van der Waals surface area contributed by atoms with Crippen LogP contribution in [0.2, 0.25) is 0 Å². The van der Waals surface area contributed by atoms with E-state index < -0.39 is 0 Å². The molecule has 2 fully saturated rings. The summed E-state index contributed by atoms with van der Waals surface area (Å²) in [4.78, 5) is 34.8. The number of amides is 1. The standard InChI is InChI=1S/C22H25N3O3S/c1-11-14-4-7-22(3)10-15-17(12(2)16(22)18(14)28-20(11)27)24-21(29-15)25-19(26)13-5-8-23-9-6-13/h5-6,8-9,11-12,14,16,18H,4,7,10H2,1-3H3,(H,24,25,26). The van der Waals surface area contributed by atoms with Gasteiger partial charge in [0.1, 0.15) is 6.10 Å². The highest BCUT2D eigenvalue weighted by Crippen LogP contribution is 2.59. The van der Waals surface area contributed by atoms with Gasteiger partial charge in [-0.25, -0.2) is 4.98 Å². The topological polar surface area (TPSA) is 81.2 Å². The fraction of sp³-hybridized carbons (Fsp3) is 0.545. The minimum absolute atomic E-state index is 0.0104. The number of anilines is 1. The minimum Gasteiger partial charge on any atom is -0.461 e. The van der Waals surface area contributed by atoms with E-state index in [2.05, 4.69) is 24.1 Å². The van der Waals surface area contributed by atoms with Crippen LogP contribution in [0, 0.1) is 23.2 Å². The van der Waals surface area contributed by atoms with E-state index in [4.69, 9.17) is 9.72 Å². The lowest BCUT2D eigenvalue weighted by Gasteiger charge is -2.51. The number of aromatic nitrogens is 2. The van der Waals surface area contributed by atoms with Gasteiger partial charge in [0.2, 0.25) is 0 Å². The summed E-state index contributed by atoms with van der Waals surface area (Å²) < 4.78 is 5.89. The van der Waals surface area contributed by atoms with Crippen molar-refractivity contribution in [3.8, 4) is 0 Å². The van der Waals surface area contributed by atoms with Crippen LogP contribution in [0.4, 0.5) is 5.13 Å². The molecule has 5 rings (SSSR count). The molecule has 29 heavy (non-hydrogen) atoms. The van der Waals surface area contributed by atoms with Crippen LogP contribution in [0.15, 0.2) is 24.5 Å². The number of nitrogens with one attached hydrogen (secondary N) is 1. The number of nitrogens with zero attached hydrogens (tertiary/aromatic N) is 2. The quantitative estimate of drug-likeness (QED) is 0.754. The number of ether oxygens (including phenoxy) is 1. The molecular weight excluding hydrogens is 386 g/mol. The monoisotopic (exact) mass is 411 g/mol. The van der Waals surface area contributed by atoms with E-state index in [1.165, 1.54) is 4.88 Å². The zero-order chi connectivity index (χ0) is 20.3. The van der Waals surface area contributed by atoms with Gasteiger partial charge in [-0.3, -0.25) is 19.9 Å². The van der Waals surface area contributed by atoms with Crippen molar-refractivity contribution in [2.75, 3.05) is 5.32 Å². The van der Waals surface area contributed by atoms with Crippen LogP contribution in [0.3, 0.4) is 0 Å². The summed E-state index contributed by atoms with van der Waals surface area (Å²) in [5.74, 6) is 0.545. The van der Waals surface area contributed by atoms with Crippen molar-refractivity contribution in [1.82, 2.24) is 9.97 Å². The second-order valence-electron chi connectivity index (χ2n) is 9.06. The highest BCUT2D eigenvalue weighted by Gasteiger charge is 2.58. The van der Waals surface area contributed by atoms with Crippen LogP contribution >= 0.6 is 11.3 Å². The van der Waals surface area contributed by atoms with Crippen LogP contribution in [-0.4, -0.2) is 27.9 Å². The summed E-state index contributed by atoms with van der Waals surface area (Å²) in [6, 6.07) is 3.38. The van der Waals surface area contributed by atoms with E-state index in [9.17, 15) is 9.59 Å². The van der Waals surface area contributed by atoms with Crippen LogP contribution in [-0.2, 0) is 16.0 Å². The van der Waals surface area contributed by atoms with Gasteiger partial charge < -0.3 is 4.74 Å². The summed E-state index contributed by atoms with van der Waals surface area (Å²) in [6.45, 7) is 6.54. The van der Waals surface area contributed by atoms with Crippen molar-refractivity contribution in [3.63, 3.8) is 0 Å². The Morgan fingerprint density at radius 2 is 2.03 bits per heavy atom. The molecular formula is C22H25N3O3S. The third kappa shape index (κ3) is 2.89. The van der Waals surface area contributed by atoms with Crippen molar-refractivity contribution in [2.24, 2.45) is 23.2 Å². The number of carbonyl (C=O) groups excluding carboxylic acids is 2.